The molecule has 0 radical (unpaired) electrons. The van der Waals surface area contributed by atoms with Crippen molar-refractivity contribution in [1.29, 1.82) is 0 Å². The maximum atomic E-state index is 12.0. The van der Waals surface area contributed by atoms with E-state index in [-0.39, 0.29) is 12.4 Å². The molecule has 0 aliphatic rings. The summed E-state index contributed by atoms with van der Waals surface area (Å²) in [6.07, 6.45) is 2.27. The van der Waals surface area contributed by atoms with Crippen LogP contribution in [0.3, 0.4) is 0 Å². The van der Waals surface area contributed by atoms with Crippen molar-refractivity contribution >= 4 is 5.78 Å². The lowest BCUT2D eigenvalue weighted by atomic mass is 9.99. The topological polar surface area (TPSA) is 49.3 Å². The SMILES string of the molecule is CCc1ccccc1C(=O)CCCNCCO. The standard InChI is InChI=1S/C14H21NO2/c1-2-12-6-3-4-7-13(12)14(17)8-5-9-15-10-11-16/h3-4,6-7,15-16H,2,5,8-11H2,1H3. The molecule has 94 valence electrons. The zero-order chi connectivity index (χ0) is 12.5. The first kappa shape index (κ1) is 13.9. The van der Waals surface area contributed by atoms with Gasteiger partial charge in [0, 0.05) is 18.5 Å². The number of carbonyl (C=O) groups is 1. The number of rotatable bonds is 8. The maximum absolute atomic E-state index is 12.0. The van der Waals surface area contributed by atoms with Crippen molar-refractivity contribution in [2.75, 3.05) is 19.7 Å². The first-order valence-electron chi connectivity index (χ1n) is 6.22. The van der Waals surface area contributed by atoms with Crippen LogP contribution in [0.4, 0.5) is 0 Å². The number of aliphatic hydroxyl groups excluding tert-OH is 1. The van der Waals surface area contributed by atoms with Gasteiger partial charge < -0.3 is 10.4 Å². The van der Waals surface area contributed by atoms with Gasteiger partial charge in [0.05, 0.1) is 6.61 Å². The molecule has 2 N–H and O–H groups in total. The smallest absolute Gasteiger partial charge is 0.163 e. The Morgan fingerprint density at radius 3 is 2.76 bits per heavy atom. The van der Waals surface area contributed by atoms with Crippen LogP contribution in [0.1, 0.15) is 35.7 Å². The summed E-state index contributed by atoms with van der Waals surface area (Å²) in [4.78, 5) is 12.0. The Hall–Kier alpha value is -1.19. The van der Waals surface area contributed by atoms with E-state index < -0.39 is 0 Å². The van der Waals surface area contributed by atoms with E-state index in [2.05, 4.69) is 12.2 Å². The van der Waals surface area contributed by atoms with Crippen LogP contribution in [-0.4, -0.2) is 30.6 Å². The summed E-state index contributed by atoms with van der Waals surface area (Å²) < 4.78 is 0. The third-order valence-electron chi connectivity index (χ3n) is 2.74. The molecule has 1 aromatic carbocycles. The van der Waals surface area contributed by atoms with E-state index in [0.717, 1.165) is 30.5 Å². The molecule has 0 saturated heterocycles. The molecule has 0 aromatic heterocycles. The molecule has 3 nitrogen and oxygen atoms in total. The fourth-order valence-electron chi connectivity index (χ4n) is 1.81. The Balaban J connectivity index is 2.41. The highest BCUT2D eigenvalue weighted by Crippen LogP contribution is 2.12. The summed E-state index contributed by atoms with van der Waals surface area (Å²) in [5, 5.41) is 11.7. The van der Waals surface area contributed by atoms with Crippen LogP contribution in [0.15, 0.2) is 24.3 Å². The molecule has 0 fully saturated rings. The molecule has 1 aromatic rings. The van der Waals surface area contributed by atoms with E-state index in [1.54, 1.807) is 0 Å². The molecule has 0 heterocycles. The maximum Gasteiger partial charge on any atom is 0.163 e. The van der Waals surface area contributed by atoms with E-state index >= 15 is 0 Å². The molecule has 0 unspecified atom stereocenters. The lowest BCUT2D eigenvalue weighted by Gasteiger charge is -2.06. The van der Waals surface area contributed by atoms with E-state index in [1.165, 1.54) is 0 Å². The number of aryl methyl sites for hydroxylation is 1. The van der Waals surface area contributed by atoms with Crippen LogP contribution in [0.25, 0.3) is 0 Å². The number of Topliss-reactive ketones (excluding diaryl/α,β-unsaturated/α-hetero) is 1. The van der Waals surface area contributed by atoms with Crippen LogP contribution in [0.5, 0.6) is 0 Å². The van der Waals surface area contributed by atoms with E-state index in [0.29, 0.717) is 13.0 Å². The highest BCUT2D eigenvalue weighted by atomic mass is 16.3. The molecule has 3 heteroatoms. The van der Waals surface area contributed by atoms with Gasteiger partial charge in [0.1, 0.15) is 0 Å². The van der Waals surface area contributed by atoms with E-state index in [9.17, 15) is 4.79 Å². The average Bonchev–Trinajstić information content (AvgIpc) is 2.38. The highest BCUT2D eigenvalue weighted by molar-refractivity contribution is 5.97. The first-order chi connectivity index (χ1) is 8.29. The molecule has 0 amide bonds. The second-order valence-electron chi connectivity index (χ2n) is 4.01. The summed E-state index contributed by atoms with van der Waals surface area (Å²) in [6.45, 7) is 3.59. The Morgan fingerprint density at radius 1 is 1.29 bits per heavy atom. The number of ketones is 1. The van der Waals surface area contributed by atoms with Crippen molar-refractivity contribution < 1.29 is 9.90 Å². The van der Waals surface area contributed by atoms with Gasteiger partial charge in [0.15, 0.2) is 5.78 Å². The summed E-state index contributed by atoms with van der Waals surface area (Å²) in [5.41, 5.74) is 1.98. The number of hydrogen-bond acceptors (Lipinski definition) is 3. The minimum absolute atomic E-state index is 0.145. The van der Waals surface area contributed by atoms with E-state index in [1.807, 2.05) is 24.3 Å². The molecule has 1 rings (SSSR count). The van der Waals surface area contributed by atoms with Crippen LogP contribution in [0, 0.1) is 0 Å². The molecule has 0 spiro atoms. The largest absolute Gasteiger partial charge is 0.395 e. The lowest BCUT2D eigenvalue weighted by molar-refractivity contribution is 0.0979. The van der Waals surface area contributed by atoms with Gasteiger partial charge in [-0.3, -0.25) is 4.79 Å². The Morgan fingerprint density at radius 2 is 2.06 bits per heavy atom. The zero-order valence-corrected chi connectivity index (χ0v) is 10.4. The molecule has 0 aliphatic carbocycles. The molecule has 0 saturated carbocycles. The summed E-state index contributed by atoms with van der Waals surface area (Å²) in [5.74, 6) is 0.216. The number of hydrogen-bond donors (Lipinski definition) is 2. The summed E-state index contributed by atoms with van der Waals surface area (Å²) in [7, 11) is 0. The minimum atomic E-state index is 0.145. The van der Waals surface area contributed by atoms with Gasteiger partial charge in [-0.05, 0) is 24.9 Å². The number of carbonyl (C=O) groups excluding carboxylic acids is 1. The van der Waals surface area contributed by atoms with Gasteiger partial charge in [-0.15, -0.1) is 0 Å². The summed E-state index contributed by atoms with van der Waals surface area (Å²) >= 11 is 0. The van der Waals surface area contributed by atoms with Gasteiger partial charge in [0.2, 0.25) is 0 Å². The molecule has 0 atom stereocenters. The van der Waals surface area contributed by atoms with Crippen molar-refractivity contribution in [3.8, 4) is 0 Å². The fraction of sp³-hybridized carbons (Fsp3) is 0.500. The fourth-order valence-corrected chi connectivity index (χ4v) is 1.81. The Kier molecular flexibility index (Phi) is 6.51. The van der Waals surface area contributed by atoms with Crippen LogP contribution in [-0.2, 0) is 6.42 Å². The third kappa shape index (κ3) is 4.67. The van der Waals surface area contributed by atoms with Crippen molar-refractivity contribution in [2.45, 2.75) is 26.2 Å². The van der Waals surface area contributed by atoms with Gasteiger partial charge >= 0.3 is 0 Å². The zero-order valence-electron chi connectivity index (χ0n) is 10.4. The Labute approximate surface area is 103 Å². The molecular formula is C14H21NO2. The van der Waals surface area contributed by atoms with Crippen molar-refractivity contribution in [2.24, 2.45) is 0 Å². The average molecular weight is 235 g/mol. The van der Waals surface area contributed by atoms with Crippen LogP contribution >= 0.6 is 0 Å². The van der Waals surface area contributed by atoms with E-state index in [4.69, 9.17) is 5.11 Å². The second kappa shape index (κ2) is 7.98. The predicted octanol–water partition coefficient (Wildman–Crippen LogP) is 1.79. The van der Waals surface area contributed by atoms with Crippen LogP contribution in [0.2, 0.25) is 0 Å². The molecule has 0 aliphatic heterocycles. The third-order valence-corrected chi connectivity index (χ3v) is 2.74. The molecular weight excluding hydrogens is 214 g/mol. The number of aliphatic hydroxyl groups is 1. The summed E-state index contributed by atoms with van der Waals surface area (Å²) in [6, 6.07) is 7.80. The van der Waals surface area contributed by atoms with Crippen molar-refractivity contribution in [1.82, 2.24) is 5.32 Å². The van der Waals surface area contributed by atoms with Gasteiger partial charge in [0.25, 0.3) is 0 Å². The number of nitrogens with one attached hydrogen (secondary N) is 1. The molecule has 0 bridgehead atoms. The van der Waals surface area contributed by atoms with Crippen molar-refractivity contribution in [3.05, 3.63) is 35.4 Å². The number of benzene rings is 1. The van der Waals surface area contributed by atoms with Gasteiger partial charge in [-0.25, -0.2) is 0 Å². The Bertz CT molecular complexity index is 350. The predicted molar refractivity (Wildman–Crippen MR) is 69.3 cm³/mol. The van der Waals surface area contributed by atoms with Crippen molar-refractivity contribution in [3.63, 3.8) is 0 Å². The van der Waals surface area contributed by atoms with Crippen LogP contribution < -0.4 is 5.32 Å². The monoisotopic (exact) mass is 235 g/mol. The quantitative estimate of drug-likeness (QED) is 0.533. The van der Waals surface area contributed by atoms with Gasteiger partial charge in [-0.1, -0.05) is 31.2 Å². The first-order valence-corrected chi connectivity index (χ1v) is 6.22. The lowest BCUT2D eigenvalue weighted by Crippen LogP contribution is -2.20. The van der Waals surface area contributed by atoms with Gasteiger partial charge in [-0.2, -0.15) is 0 Å². The second-order valence-corrected chi connectivity index (χ2v) is 4.01. The normalized spacial score (nSPS) is 10.5. The highest BCUT2D eigenvalue weighted by Gasteiger charge is 2.08. The molecule has 17 heavy (non-hydrogen) atoms. The minimum Gasteiger partial charge on any atom is -0.395 e.